The highest BCUT2D eigenvalue weighted by molar-refractivity contribution is 6.31. The minimum atomic E-state index is -0.183. The number of hydrogen-bond acceptors (Lipinski definition) is 5. The van der Waals surface area contributed by atoms with Gasteiger partial charge in [-0.1, -0.05) is 41.9 Å². The second kappa shape index (κ2) is 7.97. The third-order valence-corrected chi connectivity index (χ3v) is 4.06. The van der Waals surface area contributed by atoms with E-state index in [0.29, 0.717) is 39.5 Å². The van der Waals surface area contributed by atoms with E-state index in [4.69, 9.17) is 11.6 Å². The second-order valence-electron chi connectivity index (χ2n) is 6.05. The summed E-state index contributed by atoms with van der Waals surface area (Å²) in [7, 11) is 3.60. The van der Waals surface area contributed by atoms with Crippen LogP contribution in [-0.2, 0) is 4.79 Å². The Morgan fingerprint density at radius 3 is 2.56 bits per heavy atom. The predicted octanol–water partition coefficient (Wildman–Crippen LogP) is 3.25. The van der Waals surface area contributed by atoms with Gasteiger partial charge in [-0.25, -0.2) is 0 Å². The van der Waals surface area contributed by atoms with Crippen molar-refractivity contribution in [2.45, 2.75) is 0 Å². The van der Waals surface area contributed by atoms with Gasteiger partial charge < -0.3 is 4.90 Å². The van der Waals surface area contributed by atoms with Crippen LogP contribution in [0.1, 0.15) is 21.7 Å². The zero-order chi connectivity index (χ0) is 19.4. The van der Waals surface area contributed by atoms with E-state index in [1.165, 1.54) is 6.33 Å². The van der Waals surface area contributed by atoms with Crippen LogP contribution < -0.4 is 0 Å². The van der Waals surface area contributed by atoms with Gasteiger partial charge in [0.1, 0.15) is 6.33 Å². The molecule has 1 heterocycles. The van der Waals surface area contributed by atoms with Crippen LogP contribution in [0, 0.1) is 0 Å². The summed E-state index contributed by atoms with van der Waals surface area (Å²) >= 11 is 6.14. The van der Waals surface area contributed by atoms with Gasteiger partial charge in [0.05, 0.1) is 11.3 Å². The Labute approximate surface area is 161 Å². The average Bonchev–Trinajstić information content (AvgIpc) is 3.15. The van der Waals surface area contributed by atoms with E-state index in [1.54, 1.807) is 72.2 Å². The van der Waals surface area contributed by atoms with Crippen LogP contribution in [0.25, 0.3) is 11.3 Å². The zero-order valence-electron chi connectivity index (χ0n) is 14.8. The molecule has 0 aliphatic carbocycles. The highest BCUT2D eigenvalue weighted by Gasteiger charge is 2.19. The molecule has 0 bridgehead atoms. The number of ketones is 1. The Balaban J connectivity index is 2.17. The van der Waals surface area contributed by atoms with Crippen LogP contribution in [-0.4, -0.2) is 45.8 Å². The number of allylic oxidation sites excluding steroid dienone is 1. The molecule has 0 amide bonds. The zero-order valence-corrected chi connectivity index (χ0v) is 15.6. The Morgan fingerprint density at radius 1 is 1.15 bits per heavy atom. The lowest BCUT2D eigenvalue weighted by atomic mass is 10.0. The highest BCUT2D eigenvalue weighted by Crippen LogP contribution is 2.25. The fraction of sp³-hybridized carbons (Fsp3) is 0.100. The molecule has 3 rings (SSSR count). The van der Waals surface area contributed by atoms with Crippen LogP contribution >= 0.6 is 11.6 Å². The molecule has 136 valence electrons. The molecule has 27 heavy (non-hydrogen) atoms. The summed E-state index contributed by atoms with van der Waals surface area (Å²) in [6.45, 7) is 0. The summed E-state index contributed by atoms with van der Waals surface area (Å²) in [6.07, 6.45) is 3.81. The second-order valence-corrected chi connectivity index (χ2v) is 6.48. The van der Waals surface area contributed by atoms with E-state index in [1.807, 2.05) is 6.07 Å². The van der Waals surface area contributed by atoms with Gasteiger partial charge in [0.2, 0.25) is 0 Å². The predicted molar refractivity (Wildman–Crippen MR) is 104 cm³/mol. The van der Waals surface area contributed by atoms with E-state index >= 15 is 0 Å². The van der Waals surface area contributed by atoms with Crippen LogP contribution in [0.2, 0.25) is 5.02 Å². The van der Waals surface area contributed by atoms with Gasteiger partial charge in [0.15, 0.2) is 17.9 Å². The first-order chi connectivity index (χ1) is 13.0. The van der Waals surface area contributed by atoms with E-state index in [0.717, 1.165) is 0 Å². The van der Waals surface area contributed by atoms with E-state index in [9.17, 15) is 9.59 Å². The molecule has 0 fully saturated rings. The first kappa shape index (κ1) is 18.5. The SMILES string of the molecule is CN(C)/C=C(\C=O)c1nncn1-c1ccc(Cl)cc1C(=O)c1ccccc1. The molecule has 0 N–H and O–H groups in total. The molecule has 0 atom stereocenters. The van der Waals surface area contributed by atoms with Crippen molar-refractivity contribution < 1.29 is 9.59 Å². The highest BCUT2D eigenvalue weighted by atomic mass is 35.5. The standard InChI is InChI=1S/C20H17ClN4O2/c1-24(2)11-15(12-26)20-23-22-13-25(20)18-9-8-16(21)10-17(18)19(27)14-6-4-3-5-7-14/h3-13H,1-2H3/b15-11+. The van der Waals surface area contributed by atoms with Gasteiger partial charge in [0, 0.05) is 36.4 Å². The van der Waals surface area contributed by atoms with Crippen LogP contribution in [0.15, 0.2) is 61.1 Å². The van der Waals surface area contributed by atoms with Crippen molar-refractivity contribution in [2.24, 2.45) is 0 Å². The number of hydrogen-bond donors (Lipinski definition) is 0. The van der Waals surface area contributed by atoms with Gasteiger partial charge in [-0.3, -0.25) is 14.2 Å². The fourth-order valence-electron chi connectivity index (χ4n) is 2.67. The van der Waals surface area contributed by atoms with Gasteiger partial charge in [-0.15, -0.1) is 10.2 Å². The van der Waals surface area contributed by atoms with Crippen LogP contribution in [0.5, 0.6) is 0 Å². The normalized spacial score (nSPS) is 11.3. The number of benzene rings is 2. The first-order valence-corrected chi connectivity index (χ1v) is 8.52. The van der Waals surface area contributed by atoms with Crippen LogP contribution in [0.3, 0.4) is 0 Å². The van der Waals surface area contributed by atoms with Crippen molar-refractivity contribution in [1.82, 2.24) is 19.7 Å². The van der Waals surface area contributed by atoms with E-state index < -0.39 is 0 Å². The molecule has 2 aromatic carbocycles. The number of aromatic nitrogens is 3. The summed E-state index contributed by atoms with van der Waals surface area (Å²) in [5.41, 5.74) is 1.81. The summed E-state index contributed by atoms with van der Waals surface area (Å²) in [5, 5.41) is 8.41. The number of carbonyl (C=O) groups is 2. The molecule has 0 aliphatic rings. The lowest BCUT2D eigenvalue weighted by molar-refractivity contribution is -0.103. The van der Waals surface area contributed by atoms with E-state index in [-0.39, 0.29) is 5.78 Å². The summed E-state index contributed by atoms with van der Waals surface area (Å²) < 4.78 is 1.61. The molecule has 0 unspecified atom stereocenters. The Hall–Kier alpha value is -3.25. The van der Waals surface area contributed by atoms with Crippen molar-refractivity contribution in [3.63, 3.8) is 0 Å². The molecular formula is C20H17ClN4O2. The molecule has 0 radical (unpaired) electrons. The lowest BCUT2D eigenvalue weighted by Gasteiger charge is -2.13. The van der Waals surface area contributed by atoms with Gasteiger partial charge >= 0.3 is 0 Å². The Bertz CT molecular complexity index is 1010. The van der Waals surface area contributed by atoms with Crippen LogP contribution in [0.4, 0.5) is 0 Å². The summed E-state index contributed by atoms with van der Waals surface area (Å²) in [4.78, 5) is 26.3. The molecule has 0 saturated carbocycles. The third-order valence-electron chi connectivity index (χ3n) is 3.83. The number of carbonyl (C=O) groups excluding carboxylic acids is 2. The van der Waals surface area contributed by atoms with Gasteiger partial charge in [-0.05, 0) is 18.2 Å². The van der Waals surface area contributed by atoms with Crippen molar-refractivity contribution in [3.05, 3.63) is 83.0 Å². The molecule has 1 aromatic heterocycles. The largest absolute Gasteiger partial charge is 0.383 e. The van der Waals surface area contributed by atoms with Crippen molar-refractivity contribution in [1.29, 1.82) is 0 Å². The molecular weight excluding hydrogens is 364 g/mol. The van der Waals surface area contributed by atoms with Gasteiger partial charge in [-0.2, -0.15) is 0 Å². The molecule has 7 heteroatoms. The maximum absolute atomic E-state index is 13.0. The minimum absolute atomic E-state index is 0.183. The lowest BCUT2D eigenvalue weighted by Crippen LogP contribution is -2.11. The van der Waals surface area contributed by atoms with Crippen molar-refractivity contribution in [3.8, 4) is 5.69 Å². The number of nitrogens with zero attached hydrogens (tertiary/aromatic N) is 4. The molecule has 0 saturated heterocycles. The molecule has 3 aromatic rings. The number of halogens is 1. The van der Waals surface area contributed by atoms with Crippen molar-refractivity contribution >= 4 is 29.2 Å². The van der Waals surface area contributed by atoms with Gasteiger partial charge in [0.25, 0.3) is 0 Å². The topological polar surface area (TPSA) is 68.1 Å². The number of aldehydes is 1. The first-order valence-electron chi connectivity index (χ1n) is 8.14. The molecule has 0 spiro atoms. The quantitative estimate of drug-likeness (QED) is 0.373. The summed E-state index contributed by atoms with van der Waals surface area (Å²) in [5.74, 6) is 0.153. The van der Waals surface area contributed by atoms with E-state index in [2.05, 4.69) is 10.2 Å². The minimum Gasteiger partial charge on any atom is -0.383 e. The number of rotatable bonds is 6. The molecule has 0 aliphatic heterocycles. The fourth-order valence-corrected chi connectivity index (χ4v) is 2.84. The summed E-state index contributed by atoms with van der Waals surface area (Å²) in [6, 6.07) is 13.9. The van der Waals surface area contributed by atoms with Crippen molar-refractivity contribution in [2.75, 3.05) is 14.1 Å². The maximum Gasteiger partial charge on any atom is 0.195 e. The molecule has 6 nitrogen and oxygen atoms in total. The Kier molecular flexibility index (Phi) is 5.47. The third kappa shape index (κ3) is 3.96. The smallest absolute Gasteiger partial charge is 0.195 e. The monoisotopic (exact) mass is 380 g/mol. The maximum atomic E-state index is 13.0. The average molecular weight is 381 g/mol. The Morgan fingerprint density at radius 2 is 1.89 bits per heavy atom.